The highest BCUT2D eigenvalue weighted by molar-refractivity contribution is 5.08. The maximum Gasteiger partial charge on any atom is 0.231 e. The Hall–Kier alpha value is -0.900. The first-order valence-corrected chi connectivity index (χ1v) is 5.89. The molecule has 1 aromatic heterocycles. The topological polar surface area (TPSA) is 51.0 Å². The van der Waals surface area contributed by atoms with E-state index in [1.807, 2.05) is 7.05 Å². The van der Waals surface area contributed by atoms with Gasteiger partial charge in [-0.05, 0) is 32.7 Å². The first-order chi connectivity index (χ1) is 7.38. The summed E-state index contributed by atoms with van der Waals surface area (Å²) in [6.45, 7) is 0. The Kier molecular flexibility index (Phi) is 2.24. The second kappa shape index (κ2) is 3.59. The summed E-state index contributed by atoms with van der Waals surface area (Å²) in [6.07, 6.45) is 6.13. The lowest BCUT2D eigenvalue weighted by Gasteiger charge is -2.14. The normalized spacial score (nSPS) is 31.0. The molecule has 1 aromatic rings. The molecule has 4 heteroatoms. The van der Waals surface area contributed by atoms with Gasteiger partial charge in [0.25, 0.3) is 0 Å². The van der Waals surface area contributed by atoms with Crippen molar-refractivity contribution in [3.63, 3.8) is 0 Å². The molecule has 0 radical (unpaired) electrons. The second-order valence-electron chi connectivity index (χ2n) is 4.70. The van der Waals surface area contributed by atoms with Gasteiger partial charge in [0, 0.05) is 12.0 Å². The fourth-order valence-corrected chi connectivity index (χ4v) is 2.51. The van der Waals surface area contributed by atoms with Crippen LogP contribution in [0, 0.1) is 0 Å². The summed E-state index contributed by atoms with van der Waals surface area (Å²) in [5, 5.41) is 7.42. The number of rotatable bonds is 3. The molecule has 0 spiro atoms. The molecule has 0 unspecified atom stereocenters. The Labute approximate surface area is 89.4 Å². The lowest BCUT2D eigenvalue weighted by molar-refractivity contribution is 0.332. The van der Waals surface area contributed by atoms with Crippen LogP contribution in [0.1, 0.15) is 55.7 Å². The minimum absolute atomic E-state index is 0.440. The van der Waals surface area contributed by atoms with Crippen LogP contribution in [0.4, 0.5) is 0 Å². The lowest BCUT2D eigenvalue weighted by atomic mass is 10.0. The van der Waals surface area contributed by atoms with Gasteiger partial charge >= 0.3 is 0 Å². The number of hydrogen-bond acceptors (Lipinski definition) is 4. The number of aromatic nitrogens is 2. The summed E-state index contributed by atoms with van der Waals surface area (Å²) >= 11 is 0. The third kappa shape index (κ3) is 1.67. The maximum absolute atomic E-state index is 5.38. The fourth-order valence-electron chi connectivity index (χ4n) is 2.51. The summed E-state index contributed by atoms with van der Waals surface area (Å²) in [5.41, 5.74) is 0. The predicted molar refractivity (Wildman–Crippen MR) is 55.7 cm³/mol. The number of nitrogens with one attached hydrogen (secondary N) is 1. The van der Waals surface area contributed by atoms with Gasteiger partial charge in [-0.2, -0.15) is 4.98 Å². The molecule has 2 saturated carbocycles. The summed E-state index contributed by atoms with van der Waals surface area (Å²) in [4.78, 5) is 4.53. The molecule has 1 N–H and O–H groups in total. The van der Waals surface area contributed by atoms with Crippen molar-refractivity contribution in [2.75, 3.05) is 7.05 Å². The molecular formula is C11H17N3O. The third-order valence-corrected chi connectivity index (χ3v) is 3.60. The zero-order valence-corrected chi connectivity index (χ0v) is 9.07. The predicted octanol–water partition coefficient (Wildman–Crippen LogP) is 1.80. The molecule has 0 aromatic carbocycles. The van der Waals surface area contributed by atoms with Crippen LogP contribution in [0.25, 0.3) is 0 Å². The Bertz CT molecular complexity index is 345. The van der Waals surface area contributed by atoms with Gasteiger partial charge in [0.2, 0.25) is 5.89 Å². The van der Waals surface area contributed by atoms with Crippen molar-refractivity contribution in [3.8, 4) is 0 Å². The van der Waals surface area contributed by atoms with Crippen LogP contribution in [0.5, 0.6) is 0 Å². The Morgan fingerprint density at radius 2 is 2.13 bits per heavy atom. The first kappa shape index (κ1) is 9.33. The van der Waals surface area contributed by atoms with Gasteiger partial charge in [0.1, 0.15) is 0 Å². The average molecular weight is 207 g/mol. The van der Waals surface area contributed by atoms with Crippen LogP contribution < -0.4 is 5.32 Å². The molecule has 0 saturated heterocycles. The van der Waals surface area contributed by atoms with Gasteiger partial charge in [-0.25, -0.2) is 0 Å². The largest absolute Gasteiger partial charge is 0.339 e. The number of likely N-dealkylation sites (N-methyl/N-ethyl adjacent to an activating group) is 1. The minimum atomic E-state index is 0.440. The molecule has 15 heavy (non-hydrogen) atoms. The molecule has 2 fully saturated rings. The molecule has 3 rings (SSSR count). The first-order valence-electron chi connectivity index (χ1n) is 5.89. The van der Waals surface area contributed by atoms with Crippen molar-refractivity contribution < 1.29 is 4.52 Å². The minimum Gasteiger partial charge on any atom is -0.339 e. The molecule has 2 atom stereocenters. The van der Waals surface area contributed by atoms with Crippen molar-refractivity contribution in [2.45, 2.75) is 50.0 Å². The summed E-state index contributed by atoms with van der Waals surface area (Å²) in [5.74, 6) is 2.83. The zero-order valence-electron chi connectivity index (χ0n) is 9.07. The highest BCUT2D eigenvalue weighted by Crippen LogP contribution is 2.40. The van der Waals surface area contributed by atoms with Crippen LogP contribution in [0.15, 0.2) is 4.52 Å². The van der Waals surface area contributed by atoms with E-state index in [1.54, 1.807) is 0 Å². The molecule has 82 valence electrons. The van der Waals surface area contributed by atoms with E-state index in [1.165, 1.54) is 32.1 Å². The Morgan fingerprint density at radius 1 is 1.27 bits per heavy atom. The highest BCUT2D eigenvalue weighted by atomic mass is 16.5. The van der Waals surface area contributed by atoms with E-state index in [0.29, 0.717) is 17.9 Å². The van der Waals surface area contributed by atoms with E-state index in [4.69, 9.17) is 4.52 Å². The van der Waals surface area contributed by atoms with Crippen molar-refractivity contribution in [3.05, 3.63) is 11.7 Å². The van der Waals surface area contributed by atoms with E-state index >= 15 is 0 Å². The Morgan fingerprint density at radius 3 is 2.87 bits per heavy atom. The molecule has 2 aliphatic rings. The second-order valence-corrected chi connectivity index (χ2v) is 4.70. The van der Waals surface area contributed by atoms with E-state index in [0.717, 1.165) is 11.7 Å². The van der Waals surface area contributed by atoms with Crippen LogP contribution in [0.2, 0.25) is 0 Å². The van der Waals surface area contributed by atoms with Crippen LogP contribution in [0.3, 0.4) is 0 Å². The summed E-state index contributed by atoms with van der Waals surface area (Å²) < 4.78 is 5.38. The number of hydrogen-bond donors (Lipinski definition) is 1. The highest BCUT2D eigenvalue weighted by Gasteiger charge is 2.34. The molecule has 0 amide bonds. The fraction of sp³-hybridized carbons (Fsp3) is 0.818. The van der Waals surface area contributed by atoms with Crippen LogP contribution >= 0.6 is 0 Å². The van der Waals surface area contributed by atoms with Crippen molar-refractivity contribution in [2.24, 2.45) is 0 Å². The van der Waals surface area contributed by atoms with E-state index < -0.39 is 0 Å². The van der Waals surface area contributed by atoms with Crippen molar-refractivity contribution in [1.82, 2.24) is 15.5 Å². The van der Waals surface area contributed by atoms with Crippen molar-refractivity contribution >= 4 is 0 Å². The number of nitrogens with zero attached hydrogens (tertiary/aromatic N) is 2. The van der Waals surface area contributed by atoms with Crippen LogP contribution in [-0.4, -0.2) is 23.2 Å². The van der Waals surface area contributed by atoms with E-state index in [2.05, 4.69) is 15.5 Å². The molecule has 0 aliphatic heterocycles. The van der Waals surface area contributed by atoms with Gasteiger partial charge in [-0.3, -0.25) is 0 Å². The van der Waals surface area contributed by atoms with E-state index in [9.17, 15) is 0 Å². The third-order valence-electron chi connectivity index (χ3n) is 3.60. The van der Waals surface area contributed by atoms with Crippen LogP contribution in [-0.2, 0) is 0 Å². The van der Waals surface area contributed by atoms with Gasteiger partial charge in [0.05, 0.1) is 5.92 Å². The standard InChI is InChI=1S/C11H17N3O/c1-12-9-4-2-3-8(9)11-13-10(14-15-11)7-5-6-7/h7-9,12H,2-6H2,1H3/t8-,9+/m1/s1. The zero-order chi connectivity index (χ0) is 10.3. The molecule has 4 nitrogen and oxygen atoms in total. The quantitative estimate of drug-likeness (QED) is 0.821. The Balaban J connectivity index is 1.78. The summed E-state index contributed by atoms with van der Waals surface area (Å²) in [6, 6.07) is 0.525. The maximum atomic E-state index is 5.38. The van der Waals surface area contributed by atoms with Crippen molar-refractivity contribution in [1.29, 1.82) is 0 Å². The SMILES string of the molecule is CN[C@H]1CCC[C@H]1c1nc(C2CC2)no1. The van der Waals surface area contributed by atoms with Gasteiger partial charge < -0.3 is 9.84 Å². The summed E-state index contributed by atoms with van der Waals surface area (Å²) in [7, 11) is 2.02. The smallest absolute Gasteiger partial charge is 0.231 e. The van der Waals surface area contributed by atoms with Gasteiger partial charge in [-0.1, -0.05) is 11.6 Å². The average Bonchev–Trinajstić information content (AvgIpc) is 2.83. The lowest BCUT2D eigenvalue weighted by Crippen LogP contribution is -2.27. The van der Waals surface area contributed by atoms with E-state index in [-0.39, 0.29) is 0 Å². The van der Waals surface area contributed by atoms with Gasteiger partial charge in [-0.15, -0.1) is 0 Å². The van der Waals surface area contributed by atoms with Gasteiger partial charge in [0.15, 0.2) is 5.82 Å². The molecule has 0 bridgehead atoms. The molecule has 2 aliphatic carbocycles. The molecule has 1 heterocycles. The molecular weight excluding hydrogens is 190 g/mol. The monoisotopic (exact) mass is 207 g/mol.